The summed E-state index contributed by atoms with van der Waals surface area (Å²) in [5.41, 5.74) is 7.16. The summed E-state index contributed by atoms with van der Waals surface area (Å²) in [5.74, 6) is 1.19. The van der Waals surface area contributed by atoms with Crippen LogP contribution in [0.15, 0.2) is 28.7 Å². The fourth-order valence-corrected chi connectivity index (χ4v) is 3.91. The topological polar surface area (TPSA) is 38.0 Å². The maximum absolute atomic E-state index is 5.97. The Bertz CT molecular complexity index is 372. The molecule has 1 aromatic carbocycles. The maximum atomic E-state index is 5.97. The molecule has 0 spiro atoms. The largest absolute Gasteiger partial charge is 0.376 e. The zero-order chi connectivity index (χ0) is 11.6. The van der Waals surface area contributed by atoms with Crippen LogP contribution in [0.25, 0.3) is 0 Å². The van der Waals surface area contributed by atoms with E-state index < -0.39 is 0 Å². The number of hydrogen-bond acceptors (Lipinski definition) is 3. The molecule has 2 rings (SSSR count). The highest BCUT2D eigenvalue weighted by Gasteiger charge is 2.39. The Kier molecular flexibility index (Phi) is 3.82. The molecular formula is C12H17BrN2S. The van der Waals surface area contributed by atoms with Crippen molar-refractivity contribution in [1.82, 2.24) is 0 Å². The molecule has 2 unspecified atom stereocenters. The Balaban J connectivity index is 2.22. The Morgan fingerprint density at radius 1 is 1.56 bits per heavy atom. The second-order valence-corrected chi connectivity index (χ2v) is 6.53. The standard InChI is InChI=1S/C12H17BrN2S/c1-9-12(8-14,6-7-16-9)15-11-5-3-2-4-10(11)13/h2-5,9,15H,6-8,14H2,1H3. The Morgan fingerprint density at radius 3 is 2.88 bits per heavy atom. The number of benzene rings is 1. The van der Waals surface area contributed by atoms with Gasteiger partial charge in [-0.1, -0.05) is 19.1 Å². The van der Waals surface area contributed by atoms with E-state index in [1.165, 1.54) is 5.75 Å². The van der Waals surface area contributed by atoms with Crippen LogP contribution in [0.2, 0.25) is 0 Å². The van der Waals surface area contributed by atoms with Crippen LogP contribution in [0.5, 0.6) is 0 Å². The summed E-state index contributed by atoms with van der Waals surface area (Å²) < 4.78 is 1.10. The number of hydrogen-bond donors (Lipinski definition) is 2. The first kappa shape index (κ1) is 12.3. The van der Waals surface area contributed by atoms with Crippen molar-refractivity contribution in [2.75, 3.05) is 17.6 Å². The lowest BCUT2D eigenvalue weighted by Gasteiger charge is -2.34. The van der Waals surface area contributed by atoms with E-state index in [1.807, 2.05) is 23.9 Å². The quantitative estimate of drug-likeness (QED) is 0.901. The number of anilines is 1. The predicted octanol–water partition coefficient (Wildman–Crippen LogP) is 3.08. The van der Waals surface area contributed by atoms with E-state index >= 15 is 0 Å². The number of para-hydroxylation sites is 1. The van der Waals surface area contributed by atoms with Crippen LogP contribution in [0.4, 0.5) is 5.69 Å². The molecule has 1 aromatic rings. The van der Waals surface area contributed by atoms with Gasteiger partial charge in [0.05, 0.1) is 5.54 Å². The summed E-state index contributed by atoms with van der Waals surface area (Å²) in [6.07, 6.45) is 1.14. The van der Waals surface area contributed by atoms with Crippen LogP contribution < -0.4 is 11.1 Å². The van der Waals surface area contributed by atoms with Crippen LogP contribution in [-0.2, 0) is 0 Å². The van der Waals surface area contributed by atoms with Crippen LogP contribution >= 0.6 is 27.7 Å². The monoisotopic (exact) mass is 300 g/mol. The van der Waals surface area contributed by atoms with Crippen molar-refractivity contribution in [1.29, 1.82) is 0 Å². The molecule has 2 nitrogen and oxygen atoms in total. The van der Waals surface area contributed by atoms with Gasteiger partial charge in [-0.2, -0.15) is 11.8 Å². The summed E-state index contributed by atoms with van der Waals surface area (Å²) in [7, 11) is 0. The minimum atomic E-state index is 0.0501. The minimum absolute atomic E-state index is 0.0501. The predicted molar refractivity (Wildman–Crippen MR) is 76.1 cm³/mol. The van der Waals surface area contributed by atoms with Gasteiger partial charge in [-0.05, 0) is 40.2 Å². The number of thioether (sulfide) groups is 1. The lowest BCUT2D eigenvalue weighted by Crippen LogP contribution is -2.49. The highest BCUT2D eigenvalue weighted by Crippen LogP contribution is 2.38. The van der Waals surface area contributed by atoms with Gasteiger partial charge in [0.15, 0.2) is 0 Å². The zero-order valence-corrected chi connectivity index (χ0v) is 11.8. The average Bonchev–Trinajstić information content (AvgIpc) is 2.64. The first-order valence-electron chi connectivity index (χ1n) is 5.52. The van der Waals surface area contributed by atoms with Crippen molar-refractivity contribution >= 4 is 33.4 Å². The molecule has 2 atom stereocenters. The van der Waals surface area contributed by atoms with E-state index in [0.29, 0.717) is 11.8 Å². The van der Waals surface area contributed by atoms with Gasteiger partial charge in [-0.15, -0.1) is 0 Å². The molecule has 0 amide bonds. The maximum Gasteiger partial charge on any atom is 0.0619 e. The van der Waals surface area contributed by atoms with Crippen LogP contribution in [0.1, 0.15) is 13.3 Å². The summed E-state index contributed by atoms with van der Waals surface area (Å²) in [6, 6.07) is 8.22. The normalized spacial score (nSPS) is 29.3. The first-order valence-corrected chi connectivity index (χ1v) is 7.36. The Labute approximate surface area is 109 Å². The smallest absolute Gasteiger partial charge is 0.0619 e. The molecule has 1 aliphatic heterocycles. The number of rotatable bonds is 3. The van der Waals surface area contributed by atoms with Crippen LogP contribution in [0.3, 0.4) is 0 Å². The van der Waals surface area contributed by atoms with Gasteiger partial charge in [-0.3, -0.25) is 0 Å². The van der Waals surface area contributed by atoms with E-state index in [9.17, 15) is 0 Å². The van der Waals surface area contributed by atoms with Crippen molar-refractivity contribution in [2.45, 2.75) is 24.1 Å². The second kappa shape index (κ2) is 4.98. The van der Waals surface area contributed by atoms with Gasteiger partial charge in [0.1, 0.15) is 0 Å². The molecule has 0 aromatic heterocycles. The van der Waals surface area contributed by atoms with Gasteiger partial charge in [0.2, 0.25) is 0 Å². The zero-order valence-electron chi connectivity index (χ0n) is 9.37. The number of halogens is 1. The molecule has 16 heavy (non-hydrogen) atoms. The van der Waals surface area contributed by atoms with Crippen molar-refractivity contribution in [2.24, 2.45) is 5.73 Å². The van der Waals surface area contributed by atoms with Gasteiger partial charge in [0, 0.05) is 22.0 Å². The molecule has 0 radical (unpaired) electrons. The molecule has 1 aliphatic rings. The van der Waals surface area contributed by atoms with Crippen LogP contribution in [0, 0.1) is 0 Å². The fourth-order valence-electron chi connectivity index (χ4n) is 2.09. The molecule has 4 heteroatoms. The summed E-state index contributed by atoms with van der Waals surface area (Å²) in [4.78, 5) is 0. The molecule has 0 bridgehead atoms. The molecule has 3 N–H and O–H groups in total. The first-order chi connectivity index (χ1) is 7.68. The van der Waals surface area contributed by atoms with Crippen molar-refractivity contribution < 1.29 is 0 Å². The Morgan fingerprint density at radius 2 is 2.31 bits per heavy atom. The summed E-state index contributed by atoms with van der Waals surface area (Å²) >= 11 is 5.56. The lowest BCUT2D eigenvalue weighted by molar-refractivity contribution is 0.479. The third kappa shape index (κ3) is 2.24. The average molecular weight is 301 g/mol. The van der Waals surface area contributed by atoms with E-state index in [2.05, 4.69) is 40.3 Å². The van der Waals surface area contributed by atoms with E-state index in [4.69, 9.17) is 5.73 Å². The van der Waals surface area contributed by atoms with Gasteiger partial charge in [0.25, 0.3) is 0 Å². The second-order valence-electron chi connectivity index (χ2n) is 4.23. The fraction of sp³-hybridized carbons (Fsp3) is 0.500. The van der Waals surface area contributed by atoms with Gasteiger partial charge in [-0.25, -0.2) is 0 Å². The summed E-state index contributed by atoms with van der Waals surface area (Å²) in [5, 5.41) is 4.19. The number of nitrogens with two attached hydrogens (primary N) is 1. The van der Waals surface area contributed by atoms with Gasteiger partial charge >= 0.3 is 0 Å². The molecule has 0 aliphatic carbocycles. The molecule has 0 saturated carbocycles. The highest BCUT2D eigenvalue weighted by molar-refractivity contribution is 9.10. The van der Waals surface area contributed by atoms with E-state index in [-0.39, 0.29) is 5.54 Å². The third-order valence-electron chi connectivity index (χ3n) is 3.32. The SMILES string of the molecule is CC1SCCC1(CN)Nc1ccccc1Br. The van der Waals surface area contributed by atoms with Crippen molar-refractivity contribution in [3.8, 4) is 0 Å². The van der Waals surface area contributed by atoms with E-state index in [0.717, 1.165) is 16.6 Å². The van der Waals surface area contributed by atoms with Crippen LogP contribution in [-0.4, -0.2) is 23.1 Å². The summed E-state index contributed by atoms with van der Waals surface area (Å²) in [6.45, 7) is 2.94. The molecule has 1 fully saturated rings. The molecule has 1 saturated heterocycles. The molecule has 88 valence electrons. The highest BCUT2D eigenvalue weighted by atomic mass is 79.9. The Hall–Kier alpha value is -0.190. The van der Waals surface area contributed by atoms with Gasteiger partial charge < -0.3 is 11.1 Å². The van der Waals surface area contributed by atoms with Crippen molar-refractivity contribution in [3.63, 3.8) is 0 Å². The molecule has 1 heterocycles. The van der Waals surface area contributed by atoms with E-state index in [1.54, 1.807) is 0 Å². The van der Waals surface area contributed by atoms with Crippen molar-refractivity contribution in [3.05, 3.63) is 28.7 Å². The lowest BCUT2D eigenvalue weighted by atomic mass is 9.92. The third-order valence-corrected chi connectivity index (χ3v) is 5.40. The minimum Gasteiger partial charge on any atom is -0.376 e. The molecular weight excluding hydrogens is 284 g/mol. The number of nitrogens with one attached hydrogen (secondary N) is 1.